The third-order valence-corrected chi connectivity index (χ3v) is 1.61. The van der Waals surface area contributed by atoms with E-state index in [1.54, 1.807) is 0 Å². The van der Waals surface area contributed by atoms with E-state index in [4.69, 9.17) is 4.74 Å². The standard InChI is InChI=1S/C7H12O2/c1-6-3-2-4-7(8)9-5-6/h6H,2-5H2,1H3/t6-/m1/s1. The number of ether oxygens (including phenoxy) is 1. The summed E-state index contributed by atoms with van der Waals surface area (Å²) < 4.78 is 4.88. The van der Waals surface area contributed by atoms with Gasteiger partial charge in [-0.1, -0.05) is 6.92 Å². The average molecular weight is 128 g/mol. The normalized spacial score (nSPS) is 29.0. The Morgan fingerprint density at radius 2 is 2.44 bits per heavy atom. The molecule has 52 valence electrons. The number of hydrogen-bond donors (Lipinski definition) is 0. The van der Waals surface area contributed by atoms with Gasteiger partial charge in [0.1, 0.15) is 0 Å². The third-order valence-electron chi connectivity index (χ3n) is 1.61. The van der Waals surface area contributed by atoms with E-state index in [9.17, 15) is 4.79 Å². The minimum absolute atomic E-state index is 0.0284. The molecule has 1 heterocycles. The van der Waals surface area contributed by atoms with Crippen molar-refractivity contribution in [2.24, 2.45) is 5.92 Å². The fourth-order valence-electron chi connectivity index (χ4n) is 0.986. The highest BCUT2D eigenvalue weighted by Crippen LogP contribution is 2.13. The molecule has 0 bridgehead atoms. The maximum Gasteiger partial charge on any atom is 0.305 e. The molecule has 1 saturated heterocycles. The molecule has 1 fully saturated rings. The highest BCUT2D eigenvalue weighted by molar-refractivity contribution is 5.69. The first kappa shape index (κ1) is 6.59. The topological polar surface area (TPSA) is 26.3 Å². The van der Waals surface area contributed by atoms with Gasteiger partial charge in [0.2, 0.25) is 0 Å². The zero-order valence-corrected chi connectivity index (χ0v) is 5.72. The van der Waals surface area contributed by atoms with Crippen LogP contribution in [0.1, 0.15) is 26.2 Å². The van der Waals surface area contributed by atoms with Crippen LogP contribution in [-0.2, 0) is 9.53 Å². The van der Waals surface area contributed by atoms with Crippen LogP contribution in [0.15, 0.2) is 0 Å². The lowest BCUT2D eigenvalue weighted by molar-refractivity contribution is -0.143. The molecular weight excluding hydrogens is 116 g/mol. The molecule has 0 spiro atoms. The molecule has 0 radical (unpaired) electrons. The Morgan fingerprint density at radius 3 is 3.22 bits per heavy atom. The van der Waals surface area contributed by atoms with Crippen molar-refractivity contribution in [2.75, 3.05) is 6.61 Å². The van der Waals surface area contributed by atoms with Crippen LogP contribution in [0.5, 0.6) is 0 Å². The zero-order valence-electron chi connectivity index (χ0n) is 5.72. The van der Waals surface area contributed by atoms with Gasteiger partial charge >= 0.3 is 5.97 Å². The van der Waals surface area contributed by atoms with Crippen LogP contribution in [0.3, 0.4) is 0 Å². The number of rotatable bonds is 0. The van der Waals surface area contributed by atoms with Crippen molar-refractivity contribution in [1.29, 1.82) is 0 Å². The van der Waals surface area contributed by atoms with Crippen molar-refractivity contribution < 1.29 is 9.53 Å². The predicted molar refractivity (Wildman–Crippen MR) is 34.0 cm³/mol. The van der Waals surface area contributed by atoms with Gasteiger partial charge in [-0.25, -0.2) is 0 Å². The molecule has 0 aromatic carbocycles. The van der Waals surface area contributed by atoms with E-state index < -0.39 is 0 Å². The van der Waals surface area contributed by atoms with Gasteiger partial charge in [-0.15, -0.1) is 0 Å². The lowest BCUT2D eigenvalue weighted by Gasteiger charge is -2.03. The molecule has 9 heavy (non-hydrogen) atoms. The molecule has 0 N–H and O–H groups in total. The Balaban J connectivity index is 2.34. The van der Waals surface area contributed by atoms with E-state index in [-0.39, 0.29) is 5.97 Å². The summed E-state index contributed by atoms with van der Waals surface area (Å²) in [6, 6.07) is 0. The van der Waals surface area contributed by atoms with Gasteiger partial charge in [0.25, 0.3) is 0 Å². The van der Waals surface area contributed by atoms with Crippen LogP contribution >= 0.6 is 0 Å². The van der Waals surface area contributed by atoms with Gasteiger partial charge in [0, 0.05) is 6.42 Å². The number of cyclic esters (lactones) is 1. The van der Waals surface area contributed by atoms with Crippen LogP contribution in [0.25, 0.3) is 0 Å². The predicted octanol–water partition coefficient (Wildman–Crippen LogP) is 1.35. The minimum Gasteiger partial charge on any atom is -0.465 e. The van der Waals surface area contributed by atoms with Crippen LogP contribution in [-0.4, -0.2) is 12.6 Å². The summed E-state index contributed by atoms with van der Waals surface area (Å²) >= 11 is 0. The Morgan fingerprint density at radius 1 is 1.67 bits per heavy atom. The number of esters is 1. The first-order valence-corrected chi connectivity index (χ1v) is 3.44. The largest absolute Gasteiger partial charge is 0.465 e. The summed E-state index contributed by atoms with van der Waals surface area (Å²) in [5, 5.41) is 0. The van der Waals surface area contributed by atoms with Gasteiger partial charge in [0.05, 0.1) is 6.61 Å². The van der Waals surface area contributed by atoms with Crippen molar-refractivity contribution in [2.45, 2.75) is 26.2 Å². The Kier molecular flexibility index (Phi) is 2.09. The smallest absolute Gasteiger partial charge is 0.305 e. The molecule has 0 amide bonds. The lowest BCUT2D eigenvalue weighted by atomic mass is 10.1. The SMILES string of the molecule is C[C@@H]1CCCC(=O)OC1. The quantitative estimate of drug-likeness (QED) is 0.460. The second-order valence-corrected chi connectivity index (χ2v) is 2.68. The van der Waals surface area contributed by atoms with Crippen molar-refractivity contribution in [3.05, 3.63) is 0 Å². The second kappa shape index (κ2) is 2.85. The van der Waals surface area contributed by atoms with Gasteiger partial charge in [-0.3, -0.25) is 4.79 Å². The van der Waals surface area contributed by atoms with Gasteiger partial charge in [-0.2, -0.15) is 0 Å². The summed E-state index contributed by atoms with van der Waals surface area (Å²) in [6.07, 6.45) is 2.75. The lowest BCUT2D eigenvalue weighted by Crippen LogP contribution is -2.05. The fourth-order valence-corrected chi connectivity index (χ4v) is 0.986. The first-order valence-electron chi connectivity index (χ1n) is 3.44. The number of carbonyl (C=O) groups is 1. The van der Waals surface area contributed by atoms with Crippen LogP contribution in [0.4, 0.5) is 0 Å². The van der Waals surface area contributed by atoms with E-state index in [1.807, 2.05) is 0 Å². The van der Waals surface area contributed by atoms with Crippen molar-refractivity contribution in [1.82, 2.24) is 0 Å². The fraction of sp³-hybridized carbons (Fsp3) is 0.857. The van der Waals surface area contributed by atoms with E-state index in [1.165, 1.54) is 0 Å². The molecule has 1 rings (SSSR count). The van der Waals surface area contributed by atoms with E-state index in [2.05, 4.69) is 6.92 Å². The maximum absolute atomic E-state index is 10.6. The minimum atomic E-state index is -0.0284. The Hall–Kier alpha value is -0.530. The Labute approximate surface area is 55.2 Å². The summed E-state index contributed by atoms with van der Waals surface area (Å²) in [4.78, 5) is 10.6. The van der Waals surface area contributed by atoms with E-state index in [0.717, 1.165) is 12.8 Å². The zero-order chi connectivity index (χ0) is 6.69. The molecule has 0 aromatic rings. The highest BCUT2D eigenvalue weighted by Gasteiger charge is 2.12. The van der Waals surface area contributed by atoms with Gasteiger partial charge in [0.15, 0.2) is 0 Å². The molecule has 0 unspecified atom stereocenters. The maximum atomic E-state index is 10.6. The number of hydrogen-bond acceptors (Lipinski definition) is 2. The van der Waals surface area contributed by atoms with Crippen LogP contribution in [0.2, 0.25) is 0 Å². The third kappa shape index (κ3) is 2.04. The highest BCUT2D eigenvalue weighted by atomic mass is 16.5. The average Bonchev–Trinajstić information content (AvgIpc) is 1.97. The molecule has 1 aliphatic heterocycles. The summed E-state index contributed by atoms with van der Waals surface area (Å²) in [5.41, 5.74) is 0. The second-order valence-electron chi connectivity index (χ2n) is 2.68. The van der Waals surface area contributed by atoms with Crippen molar-refractivity contribution in [3.8, 4) is 0 Å². The molecule has 1 aliphatic rings. The van der Waals surface area contributed by atoms with Crippen molar-refractivity contribution in [3.63, 3.8) is 0 Å². The summed E-state index contributed by atoms with van der Waals surface area (Å²) in [5.74, 6) is 0.538. The molecule has 2 nitrogen and oxygen atoms in total. The van der Waals surface area contributed by atoms with E-state index in [0.29, 0.717) is 18.9 Å². The summed E-state index contributed by atoms with van der Waals surface area (Å²) in [6.45, 7) is 2.73. The molecule has 0 aliphatic carbocycles. The molecule has 2 heteroatoms. The molecule has 1 atom stereocenters. The first-order chi connectivity index (χ1) is 4.29. The van der Waals surface area contributed by atoms with Gasteiger partial charge < -0.3 is 4.74 Å². The van der Waals surface area contributed by atoms with Crippen LogP contribution in [0, 0.1) is 5.92 Å². The Bertz CT molecular complexity index is 109. The molecular formula is C7H12O2. The molecule has 0 aromatic heterocycles. The van der Waals surface area contributed by atoms with E-state index >= 15 is 0 Å². The monoisotopic (exact) mass is 128 g/mol. The summed E-state index contributed by atoms with van der Waals surface area (Å²) in [7, 11) is 0. The number of carbonyl (C=O) groups excluding carboxylic acids is 1. The van der Waals surface area contributed by atoms with Crippen molar-refractivity contribution >= 4 is 5.97 Å². The van der Waals surface area contributed by atoms with Crippen LogP contribution < -0.4 is 0 Å². The molecule has 0 saturated carbocycles. The van der Waals surface area contributed by atoms with Gasteiger partial charge in [-0.05, 0) is 18.8 Å².